The molecule has 0 saturated carbocycles. The minimum Gasteiger partial charge on any atom is -0.504 e. The number of anilines is 1. The van der Waals surface area contributed by atoms with Crippen LogP contribution in [0.1, 0.15) is 28.2 Å². The molecule has 7 heteroatoms. The van der Waals surface area contributed by atoms with E-state index >= 15 is 0 Å². The van der Waals surface area contributed by atoms with Gasteiger partial charge < -0.3 is 10.4 Å². The molecule has 0 unspecified atom stereocenters. The number of nitrogens with one attached hydrogen (secondary N) is 1. The van der Waals surface area contributed by atoms with Crippen molar-refractivity contribution >= 4 is 11.7 Å². The number of aromatic hydroxyl groups is 1. The fourth-order valence-corrected chi connectivity index (χ4v) is 3.08. The minimum atomic E-state index is -0.423. The number of nitrogens with zero attached hydrogens (tertiary/aromatic N) is 3. The Morgan fingerprint density at radius 3 is 2.76 bits per heavy atom. The smallest absolute Gasteiger partial charge is 0.277 e. The van der Waals surface area contributed by atoms with Gasteiger partial charge in [-0.25, -0.2) is 14.1 Å². The summed E-state index contributed by atoms with van der Waals surface area (Å²) in [6.45, 7) is 0. The highest BCUT2D eigenvalue weighted by Crippen LogP contribution is 2.29. The van der Waals surface area contributed by atoms with Crippen molar-refractivity contribution < 1.29 is 14.3 Å². The van der Waals surface area contributed by atoms with Crippen LogP contribution in [0.2, 0.25) is 0 Å². The SMILES string of the molecule is O=C(Nc1ncccc1O)c1nn(-c2ccc(F)cc2)c2c1CCC2. The van der Waals surface area contributed by atoms with Gasteiger partial charge in [0.05, 0.1) is 5.69 Å². The van der Waals surface area contributed by atoms with E-state index in [1.165, 1.54) is 24.4 Å². The molecule has 25 heavy (non-hydrogen) atoms. The number of hydrogen-bond donors (Lipinski definition) is 2. The molecule has 1 aliphatic carbocycles. The molecule has 2 aromatic heterocycles. The topological polar surface area (TPSA) is 80.0 Å². The van der Waals surface area contributed by atoms with Crippen molar-refractivity contribution in [1.29, 1.82) is 0 Å². The maximum atomic E-state index is 13.2. The van der Waals surface area contributed by atoms with E-state index in [0.717, 1.165) is 30.5 Å². The van der Waals surface area contributed by atoms with Crippen LogP contribution in [-0.4, -0.2) is 25.8 Å². The zero-order chi connectivity index (χ0) is 17.4. The molecule has 4 rings (SSSR count). The summed E-state index contributed by atoms with van der Waals surface area (Å²) in [7, 11) is 0. The van der Waals surface area contributed by atoms with Crippen molar-refractivity contribution in [3.05, 3.63) is 65.4 Å². The summed E-state index contributed by atoms with van der Waals surface area (Å²) < 4.78 is 14.9. The lowest BCUT2D eigenvalue weighted by atomic mass is 10.2. The van der Waals surface area contributed by atoms with Crippen LogP contribution in [0.5, 0.6) is 5.75 Å². The van der Waals surface area contributed by atoms with Gasteiger partial charge in [-0.2, -0.15) is 5.10 Å². The first kappa shape index (κ1) is 15.3. The molecular formula is C18H15FN4O2. The van der Waals surface area contributed by atoms with Crippen LogP contribution < -0.4 is 5.32 Å². The Morgan fingerprint density at radius 2 is 2.00 bits per heavy atom. The lowest BCUT2D eigenvalue weighted by Gasteiger charge is -2.06. The quantitative estimate of drug-likeness (QED) is 0.769. The number of hydrogen-bond acceptors (Lipinski definition) is 4. The Kier molecular flexibility index (Phi) is 3.68. The molecule has 0 atom stereocenters. The van der Waals surface area contributed by atoms with Gasteiger partial charge in [0.25, 0.3) is 5.91 Å². The molecule has 0 saturated heterocycles. The van der Waals surface area contributed by atoms with Crippen molar-refractivity contribution in [3.63, 3.8) is 0 Å². The number of rotatable bonds is 3. The third-order valence-corrected chi connectivity index (χ3v) is 4.23. The van der Waals surface area contributed by atoms with Crippen LogP contribution >= 0.6 is 0 Å². The summed E-state index contributed by atoms with van der Waals surface area (Å²) in [4.78, 5) is 16.6. The van der Waals surface area contributed by atoms with Crippen molar-refractivity contribution in [1.82, 2.24) is 14.8 Å². The van der Waals surface area contributed by atoms with Crippen molar-refractivity contribution in [2.45, 2.75) is 19.3 Å². The number of amides is 1. The Morgan fingerprint density at radius 1 is 1.20 bits per heavy atom. The fraction of sp³-hybridized carbons (Fsp3) is 0.167. The van der Waals surface area contributed by atoms with E-state index in [9.17, 15) is 14.3 Å². The standard InChI is InChI=1S/C18H15FN4O2/c19-11-6-8-12(9-7-11)23-14-4-1-3-13(14)16(22-23)18(25)21-17-15(24)5-2-10-20-17/h2,5-10,24H,1,3-4H2,(H,20,21,25). The number of halogens is 1. The summed E-state index contributed by atoms with van der Waals surface area (Å²) >= 11 is 0. The van der Waals surface area contributed by atoms with E-state index < -0.39 is 5.91 Å². The summed E-state index contributed by atoms with van der Waals surface area (Å²) in [5.41, 5.74) is 2.86. The van der Waals surface area contributed by atoms with E-state index in [-0.39, 0.29) is 17.4 Å². The van der Waals surface area contributed by atoms with Gasteiger partial charge in [-0.3, -0.25) is 4.79 Å². The first-order valence-electron chi connectivity index (χ1n) is 7.95. The summed E-state index contributed by atoms with van der Waals surface area (Å²) in [6, 6.07) is 9.02. The summed E-state index contributed by atoms with van der Waals surface area (Å²) in [5, 5.41) is 16.8. The lowest BCUT2D eigenvalue weighted by Crippen LogP contribution is -2.15. The van der Waals surface area contributed by atoms with Crippen molar-refractivity contribution in [3.8, 4) is 11.4 Å². The van der Waals surface area contributed by atoms with Gasteiger partial charge in [0.1, 0.15) is 5.82 Å². The van der Waals surface area contributed by atoms with Crippen molar-refractivity contribution in [2.75, 3.05) is 5.32 Å². The van der Waals surface area contributed by atoms with Gasteiger partial charge in [-0.15, -0.1) is 0 Å². The second-order valence-electron chi connectivity index (χ2n) is 5.84. The van der Waals surface area contributed by atoms with Gasteiger partial charge in [0, 0.05) is 17.5 Å². The summed E-state index contributed by atoms with van der Waals surface area (Å²) in [5.74, 6) is -0.759. The molecule has 1 amide bonds. The van der Waals surface area contributed by atoms with Gasteiger partial charge >= 0.3 is 0 Å². The third-order valence-electron chi connectivity index (χ3n) is 4.23. The normalized spacial score (nSPS) is 12.8. The largest absolute Gasteiger partial charge is 0.504 e. The predicted octanol–water partition coefficient (Wildman–Crippen LogP) is 2.85. The number of aromatic nitrogens is 3. The molecule has 6 nitrogen and oxygen atoms in total. The monoisotopic (exact) mass is 338 g/mol. The molecule has 126 valence electrons. The molecule has 0 radical (unpaired) electrons. The van der Waals surface area contributed by atoms with E-state index in [4.69, 9.17) is 0 Å². The first-order valence-corrected chi connectivity index (χ1v) is 7.95. The molecule has 0 bridgehead atoms. The summed E-state index contributed by atoms with van der Waals surface area (Å²) in [6.07, 6.45) is 3.98. The number of carbonyl (C=O) groups excluding carboxylic acids is 1. The van der Waals surface area contributed by atoms with E-state index in [0.29, 0.717) is 11.4 Å². The van der Waals surface area contributed by atoms with E-state index in [2.05, 4.69) is 15.4 Å². The van der Waals surface area contributed by atoms with Gasteiger partial charge in [-0.05, 0) is 55.7 Å². The van der Waals surface area contributed by atoms with Gasteiger partial charge in [0.15, 0.2) is 17.3 Å². The first-order chi connectivity index (χ1) is 12.1. The molecule has 1 aromatic carbocycles. The second-order valence-corrected chi connectivity index (χ2v) is 5.84. The number of fused-ring (bicyclic) bond motifs is 1. The molecule has 2 heterocycles. The number of pyridine rings is 1. The van der Waals surface area contributed by atoms with Crippen LogP contribution in [0, 0.1) is 5.82 Å². The predicted molar refractivity (Wildman–Crippen MR) is 89.4 cm³/mol. The highest BCUT2D eigenvalue weighted by atomic mass is 19.1. The van der Waals surface area contributed by atoms with Gasteiger partial charge in [0.2, 0.25) is 0 Å². The van der Waals surface area contributed by atoms with Crippen LogP contribution in [-0.2, 0) is 12.8 Å². The maximum absolute atomic E-state index is 13.2. The molecule has 1 aliphatic rings. The highest BCUT2D eigenvalue weighted by molar-refractivity contribution is 6.04. The average molecular weight is 338 g/mol. The van der Waals surface area contributed by atoms with Crippen LogP contribution in [0.15, 0.2) is 42.6 Å². The molecule has 0 aliphatic heterocycles. The molecule has 3 aromatic rings. The second kappa shape index (κ2) is 6.01. The number of carbonyl (C=O) groups is 1. The third kappa shape index (κ3) is 2.73. The highest BCUT2D eigenvalue weighted by Gasteiger charge is 2.27. The van der Waals surface area contributed by atoms with Crippen LogP contribution in [0.25, 0.3) is 5.69 Å². The average Bonchev–Trinajstić information content (AvgIpc) is 3.20. The van der Waals surface area contributed by atoms with Crippen molar-refractivity contribution in [2.24, 2.45) is 0 Å². The minimum absolute atomic E-state index is 0.0931. The maximum Gasteiger partial charge on any atom is 0.277 e. The van der Waals surface area contributed by atoms with Gasteiger partial charge in [-0.1, -0.05) is 0 Å². The Labute approximate surface area is 142 Å². The van der Waals surface area contributed by atoms with E-state index in [1.54, 1.807) is 22.9 Å². The zero-order valence-electron chi connectivity index (χ0n) is 13.2. The Balaban J connectivity index is 1.71. The molecule has 2 N–H and O–H groups in total. The molecular weight excluding hydrogens is 323 g/mol. The Bertz CT molecular complexity index is 950. The fourth-order valence-electron chi connectivity index (χ4n) is 3.08. The Hall–Kier alpha value is -3.22. The zero-order valence-corrected chi connectivity index (χ0v) is 13.2. The van der Waals surface area contributed by atoms with Crippen LogP contribution in [0.3, 0.4) is 0 Å². The molecule has 0 fully saturated rings. The van der Waals surface area contributed by atoms with E-state index in [1.807, 2.05) is 0 Å². The van der Waals surface area contributed by atoms with Crippen LogP contribution in [0.4, 0.5) is 10.2 Å². The lowest BCUT2D eigenvalue weighted by molar-refractivity contribution is 0.102. The number of benzene rings is 1. The molecule has 0 spiro atoms.